The molecule has 0 unspecified atom stereocenters. The molecule has 2 aliphatic rings. The number of ether oxygens (including phenoxy) is 1. The molecular formula is C25H33N5O. The van der Waals surface area contributed by atoms with Crippen LogP contribution < -0.4 is 5.32 Å². The van der Waals surface area contributed by atoms with Crippen LogP contribution in [0.15, 0.2) is 54.9 Å². The smallest absolute Gasteiger partial charge is 0.246 e. The highest BCUT2D eigenvalue weighted by molar-refractivity contribution is 5.56. The lowest BCUT2D eigenvalue weighted by molar-refractivity contribution is -0.116. The molecule has 1 N–H and O–H groups in total. The van der Waals surface area contributed by atoms with Crippen LogP contribution in [-0.2, 0) is 4.74 Å². The number of aromatic nitrogens is 3. The van der Waals surface area contributed by atoms with Gasteiger partial charge in [0.25, 0.3) is 0 Å². The summed E-state index contributed by atoms with van der Waals surface area (Å²) in [5.74, 6) is 1.23. The fourth-order valence-corrected chi connectivity index (χ4v) is 4.78. The van der Waals surface area contributed by atoms with E-state index in [0.29, 0.717) is 17.3 Å². The van der Waals surface area contributed by atoms with Crippen LogP contribution in [-0.4, -0.2) is 52.5 Å². The van der Waals surface area contributed by atoms with Gasteiger partial charge in [0.05, 0.1) is 18.9 Å². The summed E-state index contributed by atoms with van der Waals surface area (Å²) in [7, 11) is 0. The third kappa shape index (κ3) is 4.65. The van der Waals surface area contributed by atoms with Crippen LogP contribution in [0.1, 0.15) is 38.2 Å². The first-order valence-electron chi connectivity index (χ1n) is 11.2. The third-order valence-electron chi connectivity index (χ3n) is 6.43. The van der Waals surface area contributed by atoms with E-state index in [0.717, 1.165) is 31.1 Å². The Bertz CT molecular complexity index is 1030. The Morgan fingerprint density at radius 3 is 2.61 bits per heavy atom. The average molecular weight is 420 g/mol. The standard InChI is InChI=1S/C25H31N5O.H2/c1-19-12-21(20-8-10-29(11-9-20)15-25(2)16-31-17-25)14-22(13-19)27-24-26-18-30(28-24)23-6-4-3-5-7-23;/h3-7,12-14,18,20H,8-11,15-17H2,1-2H3,(H,27,28);1H. The summed E-state index contributed by atoms with van der Waals surface area (Å²) in [5.41, 5.74) is 5.11. The summed E-state index contributed by atoms with van der Waals surface area (Å²) >= 11 is 0. The average Bonchev–Trinajstić information content (AvgIpc) is 3.22. The number of rotatable bonds is 6. The lowest BCUT2D eigenvalue weighted by atomic mass is 9.85. The van der Waals surface area contributed by atoms with E-state index in [1.807, 2.05) is 30.3 Å². The van der Waals surface area contributed by atoms with Crippen molar-refractivity contribution < 1.29 is 6.16 Å². The van der Waals surface area contributed by atoms with Gasteiger partial charge >= 0.3 is 0 Å². The SMILES string of the molecule is Cc1cc(Nc2ncn(-c3ccccc3)n2)cc(C2CCN(CC3(C)COC3)CC2)c1.[HH]. The molecule has 3 aromatic rings. The molecule has 0 aliphatic carbocycles. The van der Waals surface area contributed by atoms with Crippen LogP contribution in [0.3, 0.4) is 0 Å². The molecule has 2 aliphatic heterocycles. The molecule has 1 aromatic heterocycles. The van der Waals surface area contributed by atoms with E-state index in [-0.39, 0.29) is 1.43 Å². The van der Waals surface area contributed by atoms with Crippen molar-refractivity contribution in [2.24, 2.45) is 5.41 Å². The van der Waals surface area contributed by atoms with Gasteiger partial charge in [-0.2, -0.15) is 4.98 Å². The van der Waals surface area contributed by atoms with Crippen LogP contribution in [0.25, 0.3) is 5.69 Å². The molecule has 3 heterocycles. The zero-order valence-electron chi connectivity index (χ0n) is 18.4. The Labute approximate surface area is 185 Å². The highest BCUT2D eigenvalue weighted by Crippen LogP contribution is 2.34. The summed E-state index contributed by atoms with van der Waals surface area (Å²) in [4.78, 5) is 7.06. The van der Waals surface area contributed by atoms with E-state index in [1.165, 1.54) is 37.1 Å². The van der Waals surface area contributed by atoms with Gasteiger partial charge in [-0.3, -0.25) is 0 Å². The van der Waals surface area contributed by atoms with E-state index in [1.54, 1.807) is 11.0 Å². The molecule has 164 valence electrons. The number of nitrogens with zero attached hydrogens (tertiary/aromatic N) is 4. The molecule has 0 saturated carbocycles. The van der Waals surface area contributed by atoms with Gasteiger partial charge in [0.15, 0.2) is 0 Å². The van der Waals surface area contributed by atoms with Crippen molar-refractivity contribution in [2.75, 3.05) is 38.2 Å². The first kappa shape index (κ1) is 20.2. The molecule has 6 heteroatoms. The normalized spacial score (nSPS) is 19.2. The minimum Gasteiger partial charge on any atom is -0.380 e. The lowest BCUT2D eigenvalue weighted by Gasteiger charge is -2.43. The number of benzene rings is 2. The number of nitrogens with one attached hydrogen (secondary N) is 1. The summed E-state index contributed by atoms with van der Waals surface area (Å²) < 4.78 is 7.22. The molecule has 2 aromatic carbocycles. The largest absolute Gasteiger partial charge is 0.380 e. The van der Waals surface area contributed by atoms with Crippen LogP contribution in [0, 0.1) is 12.3 Å². The molecule has 0 atom stereocenters. The number of anilines is 2. The summed E-state index contributed by atoms with van der Waals surface area (Å²) in [6.45, 7) is 9.82. The Balaban J connectivity index is 0.00000245. The molecule has 2 saturated heterocycles. The number of aryl methyl sites for hydroxylation is 1. The Morgan fingerprint density at radius 1 is 1.13 bits per heavy atom. The van der Waals surface area contributed by atoms with E-state index in [9.17, 15) is 0 Å². The van der Waals surface area contributed by atoms with Gasteiger partial charge in [0.1, 0.15) is 6.33 Å². The summed E-state index contributed by atoms with van der Waals surface area (Å²) in [5, 5.41) is 7.98. The zero-order chi connectivity index (χ0) is 21.3. The predicted molar refractivity (Wildman–Crippen MR) is 125 cm³/mol. The van der Waals surface area contributed by atoms with Gasteiger partial charge in [-0.15, -0.1) is 5.10 Å². The van der Waals surface area contributed by atoms with E-state index < -0.39 is 0 Å². The monoisotopic (exact) mass is 419 g/mol. The second-order valence-corrected chi connectivity index (χ2v) is 9.46. The minimum atomic E-state index is 0. The number of piperidine rings is 1. The third-order valence-corrected chi connectivity index (χ3v) is 6.43. The van der Waals surface area contributed by atoms with Gasteiger partial charge in [0, 0.05) is 19.1 Å². The molecule has 0 spiro atoms. The van der Waals surface area contributed by atoms with Crippen LogP contribution >= 0.6 is 0 Å². The van der Waals surface area contributed by atoms with Gasteiger partial charge < -0.3 is 15.0 Å². The maximum Gasteiger partial charge on any atom is 0.246 e. The molecular weight excluding hydrogens is 386 g/mol. The Kier molecular flexibility index (Phi) is 5.50. The van der Waals surface area contributed by atoms with Gasteiger partial charge in [0.2, 0.25) is 5.95 Å². The van der Waals surface area contributed by atoms with Gasteiger partial charge in [-0.1, -0.05) is 31.2 Å². The Morgan fingerprint density at radius 2 is 1.90 bits per heavy atom. The summed E-state index contributed by atoms with van der Waals surface area (Å²) in [6, 6.07) is 16.8. The second kappa shape index (κ2) is 8.44. The fraction of sp³-hybridized carbons (Fsp3) is 0.440. The number of para-hydroxylation sites is 1. The van der Waals surface area contributed by atoms with Gasteiger partial charge in [-0.25, -0.2) is 4.68 Å². The topological polar surface area (TPSA) is 55.2 Å². The Hall–Kier alpha value is -2.70. The quantitative estimate of drug-likeness (QED) is 0.623. The number of hydrogen-bond donors (Lipinski definition) is 1. The van der Waals surface area contributed by atoms with Crippen LogP contribution in [0.2, 0.25) is 0 Å². The van der Waals surface area contributed by atoms with Crippen molar-refractivity contribution in [3.8, 4) is 5.69 Å². The first-order valence-corrected chi connectivity index (χ1v) is 11.2. The first-order chi connectivity index (χ1) is 15.1. The molecule has 0 bridgehead atoms. The van der Waals surface area contributed by atoms with Crippen molar-refractivity contribution >= 4 is 11.6 Å². The van der Waals surface area contributed by atoms with E-state index in [4.69, 9.17) is 4.74 Å². The highest BCUT2D eigenvalue weighted by atomic mass is 16.5. The zero-order valence-corrected chi connectivity index (χ0v) is 18.4. The lowest BCUT2D eigenvalue weighted by Crippen LogP contribution is -2.50. The number of likely N-dealkylation sites (tertiary alicyclic amines) is 1. The fourth-order valence-electron chi connectivity index (χ4n) is 4.78. The molecule has 5 rings (SSSR count). The molecule has 6 nitrogen and oxygen atoms in total. The van der Waals surface area contributed by atoms with Crippen molar-refractivity contribution in [1.82, 2.24) is 19.7 Å². The molecule has 2 fully saturated rings. The molecule has 0 amide bonds. The van der Waals surface area contributed by atoms with E-state index in [2.05, 4.69) is 52.3 Å². The molecule has 0 radical (unpaired) electrons. The van der Waals surface area contributed by atoms with Crippen molar-refractivity contribution in [3.63, 3.8) is 0 Å². The van der Waals surface area contributed by atoms with E-state index >= 15 is 0 Å². The maximum atomic E-state index is 5.43. The summed E-state index contributed by atoms with van der Waals surface area (Å²) in [6.07, 6.45) is 4.17. The van der Waals surface area contributed by atoms with Crippen molar-refractivity contribution in [1.29, 1.82) is 0 Å². The van der Waals surface area contributed by atoms with Crippen molar-refractivity contribution in [3.05, 3.63) is 66.0 Å². The minimum absolute atomic E-state index is 0. The van der Waals surface area contributed by atoms with Crippen molar-refractivity contribution in [2.45, 2.75) is 32.6 Å². The predicted octanol–water partition coefficient (Wildman–Crippen LogP) is 4.78. The number of hydrogen-bond acceptors (Lipinski definition) is 5. The van der Waals surface area contributed by atoms with Crippen LogP contribution in [0.5, 0.6) is 0 Å². The molecule has 31 heavy (non-hydrogen) atoms. The highest BCUT2D eigenvalue weighted by Gasteiger charge is 2.36. The van der Waals surface area contributed by atoms with Gasteiger partial charge in [-0.05, 0) is 74.2 Å². The maximum absolute atomic E-state index is 5.43. The second-order valence-electron chi connectivity index (χ2n) is 9.46. The van der Waals surface area contributed by atoms with Crippen LogP contribution in [0.4, 0.5) is 11.6 Å².